The van der Waals surface area contributed by atoms with Gasteiger partial charge in [0.05, 0.1) is 6.10 Å². The summed E-state index contributed by atoms with van der Waals surface area (Å²) in [4.78, 5) is 11.9. The largest absolute Gasteiger partial charge is 0.393 e. The van der Waals surface area contributed by atoms with Crippen LogP contribution in [-0.2, 0) is 9.53 Å². The lowest BCUT2D eigenvalue weighted by Gasteiger charge is -2.29. The van der Waals surface area contributed by atoms with E-state index in [9.17, 15) is 9.90 Å². The highest BCUT2D eigenvalue weighted by molar-refractivity contribution is 5.78. The number of carbonyl (C=O) groups is 1. The van der Waals surface area contributed by atoms with Crippen LogP contribution in [0.1, 0.15) is 38.5 Å². The molecule has 1 aliphatic carbocycles. The second-order valence-corrected chi connectivity index (χ2v) is 5.24. The molecule has 2 rings (SSSR count). The third kappa shape index (κ3) is 3.68. The van der Waals surface area contributed by atoms with E-state index in [1.165, 1.54) is 6.42 Å². The molecule has 0 radical (unpaired) electrons. The maximum atomic E-state index is 11.9. The average molecular weight is 241 g/mol. The minimum absolute atomic E-state index is 0.115. The molecule has 4 nitrogen and oxygen atoms in total. The molecule has 4 heteroatoms. The molecule has 2 aliphatic rings. The highest BCUT2D eigenvalue weighted by Crippen LogP contribution is 2.24. The molecule has 0 spiro atoms. The monoisotopic (exact) mass is 241 g/mol. The molecule has 1 amide bonds. The minimum Gasteiger partial charge on any atom is -0.393 e. The van der Waals surface area contributed by atoms with Crippen LogP contribution in [0.3, 0.4) is 0 Å². The lowest BCUT2D eigenvalue weighted by Crippen LogP contribution is -2.40. The second-order valence-electron chi connectivity index (χ2n) is 5.24. The van der Waals surface area contributed by atoms with Crippen LogP contribution in [-0.4, -0.2) is 36.9 Å². The van der Waals surface area contributed by atoms with E-state index < -0.39 is 0 Å². The van der Waals surface area contributed by atoms with Crippen molar-refractivity contribution in [1.82, 2.24) is 5.32 Å². The van der Waals surface area contributed by atoms with Crippen LogP contribution < -0.4 is 5.32 Å². The van der Waals surface area contributed by atoms with Crippen molar-refractivity contribution >= 4 is 5.91 Å². The molecule has 2 atom stereocenters. The molecule has 17 heavy (non-hydrogen) atoms. The number of aliphatic hydroxyl groups is 1. The Balaban J connectivity index is 1.71. The molecular weight excluding hydrogens is 218 g/mol. The summed E-state index contributed by atoms with van der Waals surface area (Å²) in [6.45, 7) is 2.03. The van der Waals surface area contributed by atoms with Crippen molar-refractivity contribution in [2.45, 2.75) is 44.6 Å². The Bertz CT molecular complexity index is 251. The topological polar surface area (TPSA) is 58.6 Å². The summed E-state index contributed by atoms with van der Waals surface area (Å²) < 4.78 is 5.24. The maximum Gasteiger partial charge on any atom is 0.223 e. The Labute approximate surface area is 103 Å². The molecular formula is C13H23NO3. The predicted octanol–water partition coefficient (Wildman–Crippen LogP) is 1.08. The molecule has 0 bridgehead atoms. The van der Waals surface area contributed by atoms with E-state index in [1.54, 1.807) is 0 Å². The van der Waals surface area contributed by atoms with E-state index in [0.29, 0.717) is 19.8 Å². The lowest BCUT2D eigenvalue weighted by molar-refractivity contribution is -0.128. The molecule has 2 unspecified atom stereocenters. The lowest BCUT2D eigenvalue weighted by atomic mass is 9.86. The van der Waals surface area contributed by atoms with Crippen molar-refractivity contribution < 1.29 is 14.6 Å². The van der Waals surface area contributed by atoms with Crippen molar-refractivity contribution in [1.29, 1.82) is 0 Å². The zero-order valence-electron chi connectivity index (χ0n) is 10.4. The molecule has 1 heterocycles. The molecule has 1 saturated carbocycles. The van der Waals surface area contributed by atoms with Gasteiger partial charge in [0.1, 0.15) is 0 Å². The fourth-order valence-corrected chi connectivity index (χ4v) is 2.76. The third-order valence-corrected chi connectivity index (χ3v) is 4.00. The molecule has 2 N–H and O–H groups in total. The van der Waals surface area contributed by atoms with Gasteiger partial charge in [-0.3, -0.25) is 4.79 Å². The van der Waals surface area contributed by atoms with Crippen LogP contribution in [0.25, 0.3) is 0 Å². The molecule has 98 valence electrons. The van der Waals surface area contributed by atoms with Gasteiger partial charge in [-0.2, -0.15) is 0 Å². The van der Waals surface area contributed by atoms with Crippen molar-refractivity contribution in [3.05, 3.63) is 0 Å². The molecule has 0 aromatic carbocycles. The Morgan fingerprint density at radius 3 is 2.59 bits per heavy atom. The van der Waals surface area contributed by atoms with E-state index >= 15 is 0 Å². The zero-order chi connectivity index (χ0) is 12.1. The van der Waals surface area contributed by atoms with Crippen LogP contribution in [0.4, 0.5) is 0 Å². The highest BCUT2D eigenvalue weighted by atomic mass is 16.5. The first-order valence-corrected chi connectivity index (χ1v) is 6.81. The number of ether oxygens (including phenoxy) is 1. The fraction of sp³-hybridized carbons (Fsp3) is 0.923. The Morgan fingerprint density at radius 2 is 1.88 bits per heavy atom. The van der Waals surface area contributed by atoms with Gasteiger partial charge in [0.15, 0.2) is 0 Å². The number of hydrogen-bond acceptors (Lipinski definition) is 3. The summed E-state index contributed by atoms with van der Waals surface area (Å²) >= 11 is 0. The normalized spacial score (nSPS) is 31.1. The standard InChI is InChI=1S/C13H23NO3/c15-12-4-2-1-3-11(12)9-14-13(16)10-5-7-17-8-6-10/h10-12,15H,1-9H2,(H,14,16). The SMILES string of the molecule is O=C(NCC1CCCCC1O)C1CCOCC1. The predicted molar refractivity (Wildman–Crippen MR) is 64.5 cm³/mol. The third-order valence-electron chi connectivity index (χ3n) is 4.00. The van der Waals surface area contributed by atoms with Crippen molar-refractivity contribution in [2.24, 2.45) is 11.8 Å². The first-order valence-electron chi connectivity index (χ1n) is 6.81. The van der Waals surface area contributed by atoms with Gasteiger partial charge in [-0.25, -0.2) is 0 Å². The Morgan fingerprint density at radius 1 is 1.18 bits per heavy atom. The van der Waals surface area contributed by atoms with E-state index in [1.807, 2.05) is 0 Å². The highest BCUT2D eigenvalue weighted by Gasteiger charge is 2.26. The first kappa shape index (κ1) is 12.8. The average Bonchev–Trinajstić information content (AvgIpc) is 2.38. The van der Waals surface area contributed by atoms with Gasteiger partial charge in [0, 0.05) is 31.6 Å². The van der Waals surface area contributed by atoms with E-state index in [-0.39, 0.29) is 23.8 Å². The Hall–Kier alpha value is -0.610. The molecule has 0 aromatic heterocycles. The molecule has 1 saturated heterocycles. The number of rotatable bonds is 3. The first-order chi connectivity index (χ1) is 8.27. The Kier molecular flexibility index (Phi) is 4.80. The van der Waals surface area contributed by atoms with Crippen LogP contribution in [0.5, 0.6) is 0 Å². The van der Waals surface area contributed by atoms with Gasteiger partial charge in [0.2, 0.25) is 5.91 Å². The summed E-state index contributed by atoms with van der Waals surface area (Å²) in [5.74, 6) is 0.517. The van der Waals surface area contributed by atoms with Gasteiger partial charge in [-0.15, -0.1) is 0 Å². The van der Waals surface area contributed by atoms with E-state index in [4.69, 9.17) is 4.74 Å². The van der Waals surface area contributed by atoms with Gasteiger partial charge >= 0.3 is 0 Å². The molecule has 2 fully saturated rings. The zero-order valence-corrected chi connectivity index (χ0v) is 10.4. The van der Waals surface area contributed by atoms with Crippen LogP contribution in [0.2, 0.25) is 0 Å². The number of amides is 1. The molecule has 0 aromatic rings. The summed E-state index contributed by atoms with van der Waals surface area (Å²) in [6, 6.07) is 0. The van der Waals surface area contributed by atoms with Gasteiger partial charge in [-0.1, -0.05) is 12.8 Å². The van der Waals surface area contributed by atoms with Crippen LogP contribution >= 0.6 is 0 Å². The number of aliphatic hydroxyl groups excluding tert-OH is 1. The fourth-order valence-electron chi connectivity index (χ4n) is 2.76. The summed E-state index contributed by atoms with van der Waals surface area (Å²) in [7, 11) is 0. The van der Waals surface area contributed by atoms with Crippen LogP contribution in [0, 0.1) is 11.8 Å². The number of carbonyl (C=O) groups excluding carboxylic acids is 1. The van der Waals surface area contributed by atoms with Gasteiger partial charge in [-0.05, 0) is 25.7 Å². The van der Waals surface area contributed by atoms with E-state index in [2.05, 4.69) is 5.32 Å². The van der Waals surface area contributed by atoms with Crippen molar-refractivity contribution in [3.63, 3.8) is 0 Å². The smallest absolute Gasteiger partial charge is 0.223 e. The second kappa shape index (κ2) is 6.36. The van der Waals surface area contributed by atoms with Crippen molar-refractivity contribution in [2.75, 3.05) is 19.8 Å². The van der Waals surface area contributed by atoms with Gasteiger partial charge in [0.25, 0.3) is 0 Å². The summed E-state index contributed by atoms with van der Waals surface area (Å²) in [5, 5.41) is 12.8. The summed E-state index contributed by atoms with van der Waals surface area (Å²) in [6.07, 6.45) is 5.66. The summed E-state index contributed by atoms with van der Waals surface area (Å²) in [5.41, 5.74) is 0. The van der Waals surface area contributed by atoms with E-state index in [0.717, 1.165) is 32.1 Å². The van der Waals surface area contributed by atoms with Crippen molar-refractivity contribution in [3.8, 4) is 0 Å². The van der Waals surface area contributed by atoms with Crippen LogP contribution in [0.15, 0.2) is 0 Å². The quantitative estimate of drug-likeness (QED) is 0.777. The number of hydrogen-bond donors (Lipinski definition) is 2. The maximum absolute atomic E-state index is 11.9. The number of nitrogens with one attached hydrogen (secondary N) is 1. The minimum atomic E-state index is -0.223. The molecule has 1 aliphatic heterocycles. The van der Waals surface area contributed by atoms with Gasteiger partial charge < -0.3 is 15.2 Å².